The number of aliphatic imine (C=N–C) groups is 1. The molecule has 0 spiro atoms. The Morgan fingerprint density at radius 1 is 0.697 bits per heavy atom. The van der Waals surface area contributed by atoms with Crippen LogP contribution < -0.4 is 54.0 Å². The number of aromatic hydroxyl groups is 1. The maximum atomic E-state index is 15.0. The standard InChI is InChI=1S/C68H80FN15O13S2/c69-43-15-18-49-47(27-43)42(31-74-49)26-51-63(92)79-52(25-41-30-73-48-10-2-1-9-46(41)48)64(93)81-54(29-60(88)89)66(95)80-53(28-44-32-72-37-76-44)65(94)82-55(24-38-13-16-45(85)17-14-38)68(97)84-21-6-12-57(84)67(96)83-56(61(71)90)36-99-35-40-8-5-7-39(23-40)34-98-22-19-58(86)77-50(11-3-4-20-70)62(91)75-33-59(87)78-51/h1-2,5,7-10,13-18,23,27,30-32,37,47,50-57,73,85H,3-4,6,11-12,19-22,24-26,28-29,33-36,70H2,(H2,71,90)(H,72,76)(H,75,91)(H,77,86)(H,78,87)(H,79,92)(H,80,95)(H,81,93)(H,82,94)(H,83,96)(H,88,89)/t47?,50-,51-,52+,53-,54-,55-,56-,57-/m0/s1. The minimum Gasteiger partial charge on any atom is -0.508 e. The minimum atomic E-state index is -1.98. The SMILES string of the molecule is NCCCC[C@@H]1NC(=O)CCSCc2cccc(c2)CSC[C@@H](C(N)=O)NC(=O)[C@@H]2CCCN2C(=O)[C@H](Cc2ccc(O)cc2)NC(=O)[C@H](Cc2cnc[nH]2)NC(=O)[C@H](CC(=O)O)NC(=O)[C@@H](Cc2c[nH]c3ccccc23)NC(=O)[C@H](CC2=CN=C3C=CC(F)=CC23)NC(=O)CNC1=O. The number of amides is 10. The van der Waals surface area contributed by atoms with Crippen LogP contribution in [0.15, 0.2) is 132 Å². The van der Waals surface area contributed by atoms with Crippen molar-refractivity contribution in [2.45, 2.75) is 130 Å². The number of phenols is 1. The van der Waals surface area contributed by atoms with Gasteiger partial charge in [0.1, 0.15) is 59.9 Å². The summed E-state index contributed by atoms with van der Waals surface area (Å²) in [4.78, 5) is 172. The number of aromatic nitrogens is 3. The van der Waals surface area contributed by atoms with Crippen molar-refractivity contribution in [3.8, 4) is 5.75 Å². The lowest BCUT2D eigenvalue weighted by molar-refractivity contribution is -0.143. The molecule has 3 aliphatic heterocycles. The van der Waals surface area contributed by atoms with Gasteiger partial charge in [-0.3, -0.25) is 57.7 Å². The molecule has 9 rings (SSSR count). The summed E-state index contributed by atoms with van der Waals surface area (Å²) in [7, 11) is 0. The molecule has 1 fully saturated rings. The zero-order valence-corrected chi connectivity index (χ0v) is 55.6. The third-order valence-corrected chi connectivity index (χ3v) is 19.2. The number of phenolic OH excluding ortho intramolecular Hbond substituents is 1. The fourth-order valence-electron chi connectivity index (χ4n) is 11.9. The van der Waals surface area contributed by atoms with Gasteiger partial charge in [0.25, 0.3) is 0 Å². The van der Waals surface area contributed by atoms with Crippen LogP contribution >= 0.6 is 23.5 Å². The van der Waals surface area contributed by atoms with Crippen molar-refractivity contribution in [1.29, 1.82) is 0 Å². The first-order valence-electron chi connectivity index (χ1n) is 32.4. The number of imidazole rings is 1. The summed E-state index contributed by atoms with van der Waals surface area (Å²) >= 11 is 2.81. The average molecular weight is 1400 g/mol. The van der Waals surface area contributed by atoms with Gasteiger partial charge in [-0.2, -0.15) is 23.5 Å². The number of aliphatic carboxylic acids is 1. The molecule has 1 aliphatic carbocycles. The van der Waals surface area contributed by atoms with Crippen LogP contribution in [0.25, 0.3) is 10.9 Å². The first kappa shape index (κ1) is 73.1. The van der Waals surface area contributed by atoms with Gasteiger partial charge in [0.2, 0.25) is 59.1 Å². The summed E-state index contributed by atoms with van der Waals surface area (Å²) < 4.78 is 14.9. The van der Waals surface area contributed by atoms with Crippen molar-refractivity contribution in [2.75, 3.05) is 31.1 Å². The highest BCUT2D eigenvalue weighted by Crippen LogP contribution is 2.31. The average Bonchev–Trinajstić information content (AvgIpc) is 1.69. The zero-order chi connectivity index (χ0) is 70.5. The number of carboxylic acids is 1. The van der Waals surface area contributed by atoms with E-state index in [4.69, 9.17) is 11.5 Å². The van der Waals surface area contributed by atoms with E-state index in [9.17, 15) is 53.0 Å². The number of carbonyl (C=O) groups is 11. The van der Waals surface area contributed by atoms with E-state index in [-0.39, 0.29) is 68.7 Å². The van der Waals surface area contributed by atoms with Gasteiger partial charge in [-0.05, 0) is 103 Å². The Kier molecular flexibility index (Phi) is 26.1. The van der Waals surface area contributed by atoms with E-state index in [0.29, 0.717) is 76.4 Å². The number of thioether (sulfide) groups is 2. The number of rotatable bonds is 15. The zero-order valence-electron chi connectivity index (χ0n) is 54.0. The smallest absolute Gasteiger partial charge is 0.305 e. The molecule has 1 saturated heterocycles. The molecule has 99 heavy (non-hydrogen) atoms. The molecular weight excluding hydrogens is 1320 g/mol. The third-order valence-electron chi connectivity index (χ3n) is 17.1. The molecule has 10 amide bonds. The van der Waals surface area contributed by atoms with Crippen molar-refractivity contribution in [1.82, 2.24) is 62.4 Å². The van der Waals surface area contributed by atoms with Crippen molar-refractivity contribution in [3.63, 3.8) is 0 Å². The molecular formula is C68H80FN15O13S2. The monoisotopic (exact) mass is 1400 g/mol. The molecule has 4 aliphatic rings. The molecule has 16 N–H and O–H groups in total. The van der Waals surface area contributed by atoms with Crippen LogP contribution in [0, 0.1) is 5.92 Å². The lowest BCUT2D eigenvalue weighted by Crippen LogP contribution is -2.61. The molecule has 9 atom stereocenters. The van der Waals surface area contributed by atoms with E-state index in [1.165, 1.54) is 89.6 Å². The van der Waals surface area contributed by atoms with Gasteiger partial charge in [0.05, 0.1) is 25.0 Å². The predicted octanol–water partition coefficient (Wildman–Crippen LogP) is 1.55. The number of hydrogen-bond donors (Lipinski definition) is 14. The summed E-state index contributed by atoms with van der Waals surface area (Å²) in [6.07, 6.45) is 9.04. The molecule has 2 aromatic heterocycles. The van der Waals surface area contributed by atoms with Crippen molar-refractivity contribution in [3.05, 3.63) is 155 Å². The maximum absolute atomic E-state index is 15.0. The number of primary amides is 1. The Morgan fingerprint density at radius 3 is 2.10 bits per heavy atom. The maximum Gasteiger partial charge on any atom is 0.305 e. The van der Waals surface area contributed by atoms with Gasteiger partial charge >= 0.3 is 5.97 Å². The third kappa shape index (κ3) is 20.9. The van der Waals surface area contributed by atoms with Crippen LogP contribution in [-0.2, 0) is 83.5 Å². The van der Waals surface area contributed by atoms with E-state index in [1.54, 1.807) is 30.5 Å². The molecule has 1 unspecified atom stereocenters. The Morgan fingerprint density at radius 2 is 1.38 bits per heavy atom. The van der Waals surface area contributed by atoms with E-state index in [1.807, 2.05) is 24.3 Å². The number of nitrogens with one attached hydrogen (secondary N) is 10. The molecule has 524 valence electrons. The Bertz CT molecular complexity index is 3920. The first-order chi connectivity index (χ1) is 47.7. The van der Waals surface area contributed by atoms with Crippen LogP contribution in [0.3, 0.4) is 0 Å². The molecule has 3 aromatic carbocycles. The van der Waals surface area contributed by atoms with E-state index in [0.717, 1.165) is 11.1 Å². The highest BCUT2D eigenvalue weighted by molar-refractivity contribution is 7.98. The number of H-pyrrole nitrogens is 2. The number of nitrogens with two attached hydrogens (primary N) is 2. The summed E-state index contributed by atoms with van der Waals surface area (Å²) in [6, 6.07) is 8.71. The number of carbonyl (C=O) groups excluding carboxylic acids is 10. The Balaban J connectivity index is 1.04. The second kappa shape index (κ2) is 35.4. The largest absolute Gasteiger partial charge is 0.508 e. The highest BCUT2D eigenvalue weighted by Gasteiger charge is 2.41. The summed E-state index contributed by atoms with van der Waals surface area (Å²) in [5, 5.41) is 42.3. The Hall–Kier alpha value is -10.1. The number of hydrogen-bond acceptors (Lipinski definition) is 17. The Labute approximate surface area is 577 Å². The van der Waals surface area contributed by atoms with Crippen LogP contribution in [0.2, 0.25) is 0 Å². The number of allylic oxidation sites excluding steroid dienone is 4. The lowest BCUT2D eigenvalue weighted by atomic mass is 9.88. The molecule has 31 heteroatoms. The topological polar surface area (TPSA) is 437 Å². The molecule has 0 saturated carbocycles. The van der Waals surface area contributed by atoms with Gasteiger partial charge < -0.3 is 79.1 Å². The van der Waals surface area contributed by atoms with Gasteiger partial charge in [-0.1, -0.05) is 54.6 Å². The number of para-hydroxylation sites is 1. The first-order valence-corrected chi connectivity index (χ1v) is 34.7. The normalized spacial score (nSPS) is 24.0. The van der Waals surface area contributed by atoms with Gasteiger partial charge in [0, 0.05) is 103 Å². The number of halogens is 1. The number of carboxylic acid groups (broad SMARTS) is 1. The van der Waals surface area contributed by atoms with Crippen LogP contribution in [-0.4, -0.2) is 180 Å². The minimum absolute atomic E-state index is 0.0269. The fraction of sp³-hybridized carbons (Fsp3) is 0.397. The summed E-state index contributed by atoms with van der Waals surface area (Å²) in [6.45, 7) is -0.342. The van der Waals surface area contributed by atoms with Crippen molar-refractivity contribution < 1.29 is 67.3 Å². The van der Waals surface area contributed by atoms with Crippen LogP contribution in [0.4, 0.5) is 4.39 Å². The molecule has 0 radical (unpaired) electrons. The summed E-state index contributed by atoms with van der Waals surface area (Å²) in [5.74, 6) is -10.2. The summed E-state index contributed by atoms with van der Waals surface area (Å²) in [5.41, 5.74) is 16.1. The molecule has 28 nitrogen and oxygen atoms in total. The number of nitrogens with zero attached hydrogens (tertiary/aromatic N) is 3. The fourth-order valence-corrected chi connectivity index (χ4v) is 13.8. The van der Waals surface area contributed by atoms with E-state index < -0.39 is 138 Å². The molecule has 5 aromatic rings. The molecule has 2 bridgehead atoms. The predicted molar refractivity (Wildman–Crippen MR) is 367 cm³/mol. The highest BCUT2D eigenvalue weighted by atomic mass is 32.2. The van der Waals surface area contributed by atoms with Crippen LogP contribution in [0.5, 0.6) is 5.75 Å². The number of unbranched alkanes of at least 4 members (excludes halogenated alkanes) is 1. The second-order valence-corrected chi connectivity index (χ2v) is 26.6. The lowest BCUT2D eigenvalue weighted by Gasteiger charge is -2.31. The van der Waals surface area contributed by atoms with Crippen LogP contribution in [0.1, 0.15) is 79.3 Å². The number of aromatic amines is 2. The van der Waals surface area contributed by atoms with Gasteiger partial charge in [0.15, 0.2) is 0 Å². The number of fused-ring (bicyclic) bond motifs is 5. The van der Waals surface area contributed by atoms with Gasteiger partial charge in [-0.25, -0.2) is 9.37 Å². The van der Waals surface area contributed by atoms with Crippen molar-refractivity contribution >= 4 is 105 Å². The quantitative estimate of drug-likeness (QED) is 0.0661. The van der Waals surface area contributed by atoms with Gasteiger partial charge in [-0.15, -0.1) is 0 Å². The number of benzene rings is 3. The second-order valence-electron chi connectivity index (χ2n) is 24.4. The molecule has 5 heterocycles. The van der Waals surface area contributed by atoms with Crippen molar-refractivity contribution in [2.24, 2.45) is 22.4 Å². The van der Waals surface area contributed by atoms with E-state index in [2.05, 4.69) is 62.5 Å². The van der Waals surface area contributed by atoms with E-state index >= 15 is 14.4 Å².